The maximum atomic E-state index is 4.50. The van der Waals surface area contributed by atoms with Crippen molar-refractivity contribution in [1.82, 2.24) is 14.9 Å². The van der Waals surface area contributed by atoms with Crippen molar-refractivity contribution in [2.75, 3.05) is 6.54 Å². The van der Waals surface area contributed by atoms with Crippen LogP contribution in [0.2, 0.25) is 0 Å². The molecule has 0 atom stereocenters. The van der Waals surface area contributed by atoms with Crippen LogP contribution in [0.3, 0.4) is 0 Å². The van der Waals surface area contributed by atoms with E-state index in [1.165, 1.54) is 43.5 Å². The number of rotatable bonds is 7. The molecule has 0 unspecified atom stereocenters. The summed E-state index contributed by atoms with van der Waals surface area (Å²) in [5.41, 5.74) is 2.73. The van der Waals surface area contributed by atoms with Gasteiger partial charge >= 0.3 is 0 Å². The van der Waals surface area contributed by atoms with Gasteiger partial charge in [0.05, 0.1) is 12.0 Å². The van der Waals surface area contributed by atoms with Crippen molar-refractivity contribution in [3.8, 4) is 0 Å². The minimum Gasteiger partial charge on any atom is -0.334 e. The second-order valence-corrected chi connectivity index (χ2v) is 5.85. The molecule has 0 radical (unpaired) electrons. The highest BCUT2D eigenvalue weighted by atomic mass is 15.1. The Bertz CT molecular complexity index is 355. The summed E-state index contributed by atoms with van der Waals surface area (Å²) >= 11 is 0. The molecule has 1 N–H and O–H groups in total. The molecule has 0 aromatic carbocycles. The van der Waals surface area contributed by atoms with E-state index in [0.717, 1.165) is 32.0 Å². The van der Waals surface area contributed by atoms with Gasteiger partial charge in [0.25, 0.3) is 0 Å². The fourth-order valence-corrected chi connectivity index (χ4v) is 2.68. The van der Waals surface area contributed by atoms with Crippen LogP contribution in [0, 0.1) is 5.92 Å². The normalized spacial score (nSPS) is 15.1. The standard InChI is InChI=1S/C15H27N3/c1-13(2)7-5-3-4-6-10-18-12-17-14-11-16-9-8-15(14)18/h12-13,16H,3-11H2,1-2H3. The van der Waals surface area contributed by atoms with E-state index >= 15 is 0 Å². The topological polar surface area (TPSA) is 29.9 Å². The zero-order valence-corrected chi connectivity index (χ0v) is 11.9. The molecule has 2 heterocycles. The number of imidazole rings is 1. The number of nitrogens with zero attached hydrogens (tertiary/aromatic N) is 2. The molecular formula is C15H27N3. The molecule has 3 nitrogen and oxygen atoms in total. The van der Waals surface area contributed by atoms with Crippen molar-refractivity contribution in [3.63, 3.8) is 0 Å². The monoisotopic (exact) mass is 249 g/mol. The highest BCUT2D eigenvalue weighted by molar-refractivity contribution is 5.16. The minimum atomic E-state index is 0.859. The van der Waals surface area contributed by atoms with Crippen LogP contribution >= 0.6 is 0 Å². The van der Waals surface area contributed by atoms with E-state index in [-0.39, 0.29) is 0 Å². The quantitative estimate of drug-likeness (QED) is 0.752. The Morgan fingerprint density at radius 2 is 2.11 bits per heavy atom. The van der Waals surface area contributed by atoms with Gasteiger partial charge in [-0.1, -0.05) is 39.5 Å². The summed E-state index contributed by atoms with van der Waals surface area (Å²) in [6.45, 7) is 7.84. The first kappa shape index (κ1) is 13.6. The molecule has 18 heavy (non-hydrogen) atoms. The predicted octanol–water partition coefficient (Wildman–Crippen LogP) is 3.14. The van der Waals surface area contributed by atoms with Crippen LogP contribution in [-0.2, 0) is 19.5 Å². The second-order valence-electron chi connectivity index (χ2n) is 5.85. The zero-order valence-electron chi connectivity index (χ0n) is 11.9. The Labute approximate surface area is 111 Å². The Kier molecular flexibility index (Phi) is 5.24. The van der Waals surface area contributed by atoms with Gasteiger partial charge in [-0.3, -0.25) is 0 Å². The molecule has 2 rings (SSSR count). The Balaban J connectivity index is 1.66. The molecule has 1 aromatic rings. The SMILES string of the molecule is CC(C)CCCCCCn1cnc2c1CCNC2. The summed E-state index contributed by atoms with van der Waals surface area (Å²) in [5.74, 6) is 0.859. The van der Waals surface area contributed by atoms with Gasteiger partial charge in [-0.25, -0.2) is 4.98 Å². The van der Waals surface area contributed by atoms with Crippen LogP contribution < -0.4 is 5.32 Å². The van der Waals surface area contributed by atoms with Crippen LogP contribution in [0.4, 0.5) is 0 Å². The van der Waals surface area contributed by atoms with E-state index in [4.69, 9.17) is 0 Å². The first-order valence-corrected chi connectivity index (χ1v) is 7.51. The predicted molar refractivity (Wildman–Crippen MR) is 75.6 cm³/mol. The maximum Gasteiger partial charge on any atom is 0.0952 e. The largest absolute Gasteiger partial charge is 0.334 e. The lowest BCUT2D eigenvalue weighted by molar-refractivity contribution is 0.499. The van der Waals surface area contributed by atoms with Crippen LogP contribution in [0.25, 0.3) is 0 Å². The number of unbranched alkanes of at least 4 members (excludes halogenated alkanes) is 3. The highest BCUT2D eigenvalue weighted by Gasteiger charge is 2.13. The van der Waals surface area contributed by atoms with Crippen molar-refractivity contribution in [3.05, 3.63) is 17.7 Å². The molecule has 1 aliphatic rings. The van der Waals surface area contributed by atoms with Crippen molar-refractivity contribution >= 4 is 0 Å². The molecule has 0 saturated heterocycles. The maximum absolute atomic E-state index is 4.50. The summed E-state index contributed by atoms with van der Waals surface area (Å²) in [6, 6.07) is 0. The lowest BCUT2D eigenvalue weighted by Gasteiger charge is -2.15. The fourth-order valence-electron chi connectivity index (χ4n) is 2.68. The average molecular weight is 249 g/mol. The third kappa shape index (κ3) is 3.84. The zero-order chi connectivity index (χ0) is 12.8. The molecule has 1 aromatic heterocycles. The number of nitrogens with one attached hydrogen (secondary N) is 1. The van der Waals surface area contributed by atoms with Crippen molar-refractivity contribution in [2.24, 2.45) is 5.92 Å². The Morgan fingerprint density at radius 3 is 2.94 bits per heavy atom. The summed E-state index contributed by atoms with van der Waals surface area (Å²) < 4.78 is 2.37. The van der Waals surface area contributed by atoms with Crippen LogP contribution in [0.1, 0.15) is 57.3 Å². The van der Waals surface area contributed by atoms with E-state index in [1.807, 2.05) is 6.33 Å². The molecule has 1 aliphatic heterocycles. The number of hydrogen-bond donors (Lipinski definition) is 1. The highest BCUT2D eigenvalue weighted by Crippen LogP contribution is 2.14. The van der Waals surface area contributed by atoms with Gasteiger partial charge in [0.2, 0.25) is 0 Å². The third-order valence-corrected chi connectivity index (χ3v) is 3.79. The molecule has 0 saturated carbocycles. The second kappa shape index (κ2) is 6.93. The number of fused-ring (bicyclic) bond motifs is 1. The molecule has 0 aliphatic carbocycles. The van der Waals surface area contributed by atoms with E-state index in [1.54, 1.807) is 0 Å². The first-order valence-electron chi connectivity index (χ1n) is 7.51. The average Bonchev–Trinajstić information content (AvgIpc) is 2.77. The smallest absolute Gasteiger partial charge is 0.0952 e. The van der Waals surface area contributed by atoms with Crippen LogP contribution in [0.5, 0.6) is 0 Å². The van der Waals surface area contributed by atoms with Gasteiger partial charge in [0.15, 0.2) is 0 Å². The molecule has 102 valence electrons. The molecule has 0 bridgehead atoms. The van der Waals surface area contributed by atoms with Gasteiger partial charge in [-0.05, 0) is 12.3 Å². The summed E-state index contributed by atoms with van der Waals surface area (Å²) in [5, 5.41) is 3.37. The number of hydrogen-bond acceptors (Lipinski definition) is 2. The third-order valence-electron chi connectivity index (χ3n) is 3.79. The Morgan fingerprint density at radius 1 is 1.28 bits per heavy atom. The van der Waals surface area contributed by atoms with Crippen molar-refractivity contribution in [1.29, 1.82) is 0 Å². The first-order chi connectivity index (χ1) is 8.77. The van der Waals surface area contributed by atoms with Gasteiger partial charge in [-0.15, -0.1) is 0 Å². The van der Waals surface area contributed by atoms with Gasteiger partial charge < -0.3 is 9.88 Å². The number of aryl methyl sites for hydroxylation is 1. The number of aromatic nitrogens is 2. The molecule has 0 amide bonds. The Hall–Kier alpha value is -0.830. The van der Waals surface area contributed by atoms with Crippen molar-refractivity contribution < 1.29 is 0 Å². The van der Waals surface area contributed by atoms with Gasteiger partial charge in [0.1, 0.15) is 0 Å². The summed E-state index contributed by atoms with van der Waals surface area (Å²) in [4.78, 5) is 4.50. The van der Waals surface area contributed by atoms with Gasteiger partial charge in [0, 0.05) is 31.7 Å². The lowest BCUT2D eigenvalue weighted by atomic mass is 10.0. The summed E-state index contributed by atoms with van der Waals surface area (Å²) in [6.07, 6.45) is 9.99. The molecule has 0 fully saturated rings. The van der Waals surface area contributed by atoms with E-state index in [2.05, 4.69) is 28.7 Å². The fraction of sp³-hybridized carbons (Fsp3) is 0.800. The molecular weight excluding hydrogens is 222 g/mol. The van der Waals surface area contributed by atoms with E-state index in [0.29, 0.717) is 0 Å². The van der Waals surface area contributed by atoms with E-state index in [9.17, 15) is 0 Å². The lowest BCUT2D eigenvalue weighted by Crippen LogP contribution is -2.25. The molecule has 0 spiro atoms. The van der Waals surface area contributed by atoms with Crippen molar-refractivity contribution in [2.45, 2.75) is 65.5 Å². The van der Waals surface area contributed by atoms with Gasteiger partial charge in [-0.2, -0.15) is 0 Å². The van der Waals surface area contributed by atoms with Crippen LogP contribution in [-0.4, -0.2) is 16.1 Å². The summed E-state index contributed by atoms with van der Waals surface area (Å²) in [7, 11) is 0. The molecule has 3 heteroatoms. The minimum absolute atomic E-state index is 0.859. The van der Waals surface area contributed by atoms with E-state index < -0.39 is 0 Å². The van der Waals surface area contributed by atoms with Crippen LogP contribution in [0.15, 0.2) is 6.33 Å².